The lowest BCUT2D eigenvalue weighted by atomic mass is 9.83. The smallest absolute Gasteiger partial charge is 0.255 e. The normalized spacial score (nSPS) is 12.6. The van der Waals surface area contributed by atoms with Crippen molar-refractivity contribution in [3.8, 4) is 0 Å². The van der Waals surface area contributed by atoms with Gasteiger partial charge in [0.15, 0.2) is 11.6 Å². The van der Waals surface area contributed by atoms with Crippen LogP contribution in [-0.4, -0.2) is 23.4 Å². The number of anilines is 2. The first kappa shape index (κ1) is 27.8. The lowest BCUT2D eigenvalue weighted by molar-refractivity contribution is -0.115. The molecule has 43 heavy (non-hydrogen) atoms. The lowest BCUT2D eigenvalue weighted by Gasteiger charge is -2.22. The number of ketones is 2. The summed E-state index contributed by atoms with van der Waals surface area (Å²) >= 11 is 1.30. The highest BCUT2D eigenvalue weighted by atomic mass is 32.2. The van der Waals surface area contributed by atoms with Crippen LogP contribution >= 0.6 is 11.8 Å². The van der Waals surface area contributed by atoms with Crippen LogP contribution in [0.3, 0.4) is 0 Å². The van der Waals surface area contributed by atoms with Crippen molar-refractivity contribution in [2.24, 2.45) is 0 Å². The summed E-state index contributed by atoms with van der Waals surface area (Å²) in [5.41, 5.74) is 2.97. The fraction of sp³-hybridized carbons (Fsp3) is 0.0286. The molecule has 0 aromatic heterocycles. The number of fused-ring (bicyclic) bond motifs is 2. The summed E-state index contributed by atoms with van der Waals surface area (Å²) in [4.78, 5) is 53.7. The first-order chi connectivity index (χ1) is 20.9. The molecule has 0 heterocycles. The van der Waals surface area contributed by atoms with Gasteiger partial charge in [0.05, 0.1) is 11.3 Å². The van der Waals surface area contributed by atoms with Crippen molar-refractivity contribution >= 4 is 46.5 Å². The predicted molar refractivity (Wildman–Crippen MR) is 164 cm³/mol. The number of halogens is 1. The van der Waals surface area contributed by atoms with E-state index in [1.807, 2.05) is 30.3 Å². The molecule has 2 amide bonds. The zero-order valence-corrected chi connectivity index (χ0v) is 23.4. The van der Waals surface area contributed by atoms with Crippen molar-refractivity contribution in [3.05, 3.63) is 161 Å². The molecule has 8 heteroatoms. The molecule has 0 aliphatic heterocycles. The third-order valence-corrected chi connectivity index (χ3v) is 8.29. The molecule has 1 atom stereocenters. The molecule has 0 spiro atoms. The average Bonchev–Trinajstić information content (AvgIpc) is 3.04. The number of amides is 2. The van der Waals surface area contributed by atoms with E-state index < -0.39 is 11.1 Å². The van der Waals surface area contributed by atoms with Crippen LogP contribution in [0.4, 0.5) is 15.8 Å². The van der Waals surface area contributed by atoms with E-state index in [0.717, 1.165) is 10.5 Å². The Morgan fingerprint density at radius 2 is 1.26 bits per heavy atom. The van der Waals surface area contributed by atoms with Gasteiger partial charge in [-0.25, -0.2) is 4.39 Å². The van der Waals surface area contributed by atoms with Gasteiger partial charge < -0.3 is 10.6 Å². The van der Waals surface area contributed by atoms with Crippen molar-refractivity contribution in [2.75, 3.05) is 10.6 Å². The zero-order valence-electron chi connectivity index (χ0n) is 22.5. The molecule has 0 fully saturated rings. The first-order valence-corrected chi connectivity index (χ1v) is 14.3. The van der Waals surface area contributed by atoms with Gasteiger partial charge in [-0.3, -0.25) is 19.2 Å². The molecule has 5 aromatic carbocycles. The van der Waals surface area contributed by atoms with E-state index in [1.165, 1.54) is 36.0 Å². The van der Waals surface area contributed by atoms with E-state index in [1.54, 1.807) is 66.7 Å². The maximum absolute atomic E-state index is 13.8. The molecular weight excluding hydrogens is 563 g/mol. The highest BCUT2D eigenvalue weighted by molar-refractivity contribution is 8.00. The van der Waals surface area contributed by atoms with Crippen LogP contribution in [0.25, 0.3) is 0 Å². The van der Waals surface area contributed by atoms with Crippen LogP contribution in [-0.2, 0) is 4.79 Å². The minimum Gasteiger partial charge on any atom is -0.324 e. The molecule has 1 unspecified atom stereocenters. The van der Waals surface area contributed by atoms with Crippen molar-refractivity contribution in [1.82, 2.24) is 0 Å². The number of carbonyl (C=O) groups excluding carboxylic acids is 4. The molecule has 1 aliphatic rings. The minimum atomic E-state index is -0.696. The first-order valence-electron chi connectivity index (χ1n) is 13.4. The fourth-order valence-electron chi connectivity index (χ4n) is 4.91. The number of nitrogens with one attached hydrogen (secondary N) is 2. The molecule has 6 rings (SSSR count). The van der Waals surface area contributed by atoms with Crippen molar-refractivity contribution in [1.29, 1.82) is 0 Å². The standard InChI is InChI=1S/C35H23FN2O4S/c36-23-15-13-22(14-16-23)34(41)37-24-17-19-25(20-18-24)43-33(21-7-2-1-3-8-21)35(42)38-29-12-6-11-28-30(29)32(40)27-10-5-4-9-26(27)31(28)39/h1-20,33H,(H,37,41)(H,38,42). The van der Waals surface area contributed by atoms with Crippen LogP contribution in [0.2, 0.25) is 0 Å². The Bertz CT molecular complexity index is 1870. The number of benzene rings is 5. The van der Waals surface area contributed by atoms with E-state index in [0.29, 0.717) is 22.4 Å². The third kappa shape index (κ3) is 5.73. The van der Waals surface area contributed by atoms with Crippen LogP contribution in [0.1, 0.15) is 53.0 Å². The summed E-state index contributed by atoms with van der Waals surface area (Å²) < 4.78 is 13.2. The van der Waals surface area contributed by atoms with Crippen LogP contribution in [0, 0.1) is 5.82 Å². The van der Waals surface area contributed by atoms with Crippen LogP contribution < -0.4 is 10.6 Å². The number of thioether (sulfide) groups is 1. The highest BCUT2D eigenvalue weighted by Crippen LogP contribution is 2.38. The maximum Gasteiger partial charge on any atom is 0.255 e. The van der Waals surface area contributed by atoms with Gasteiger partial charge in [0.2, 0.25) is 5.91 Å². The van der Waals surface area contributed by atoms with Gasteiger partial charge in [-0.15, -0.1) is 11.8 Å². The Labute approximate surface area is 251 Å². The van der Waals surface area contributed by atoms with Gasteiger partial charge in [0, 0.05) is 32.8 Å². The van der Waals surface area contributed by atoms with Crippen LogP contribution in [0.15, 0.2) is 126 Å². The molecule has 1 aliphatic carbocycles. The van der Waals surface area contributed by atoms with E-state index >= 15 is 0 Å². The number of carbonyl (C=O) groups is 4. The lowest BCUT2D eigenvalue weighted by Crippen LogP contribution is -2.25. The number of hydrogen-bond acceptors (Lipinski definition) is 5. The topological polar surface area (TPSA) is 92.3 Å². The summed E-state index contributed by atoms with van der Waals surface area (Å²) in [5.74, 6) is -1.74. The molecule has 0 bridgehead atoms. The van der Waals surface area contributed by atoms with Crippen LogP contribution in [0.5, 0.6) is 0 Å². The molecule has 0 saturated heterocycles. The Balaban J connectivity index is 1.24. The van der Waals surface area contributed by atoms with E-state index in [-0.39, 0.29) is 40.2 Å². The van der Waals surface area contributed by atoms with E-state index in [9.17, 15) is 23.6 Å². The van der Waals surface area contributed by atoms with Crippen molar-refractivity contribution < 1.29 is 23.6 Å². The van der Waals surface area contributed by atoms with Gasteiger partial charge in [0.25, 0.3) is 5.91 Å². The Morgan fingerprint density at radius 3 is 1.95 bits per heavy atom. The molecule has 210 valence electrons. The monoisotopic (exact) mass is 586 g/mol. The van der Waals surface area contributed by atoms with Crippen molar-refractivity contribution in [2.45, 2.75) is 10.1 Å². The molecule has 0 radical (unpaired) electrons. The zero-order chi connectivity index (χ0) is 29.9. The van der Waals surface area contributed by atoms with Gasteiger partial charge in [0.1, 0.15) is 11.1 Å². The van der Waals surface area contributed by atoms with Gasteiger partial charge in [-0.05, 0) is 60.2 Å². The fourth-order valence-corrected chi connectivity index (χ4v) is 5.93. The van der Waals surface area contributed by atoms with Gasteiger partial charge in [-0.2, -0.15) is 0 Å². The molecule has 2 N–H and O–H groups in total. The highest BCUT2D eigenvalue weighted by Gasteiger charge is 2.32. The molecule has 6 nitrogen and oxygen atoms in total. The summed E-state index contributed by atoms with van der Waals surface area (Å²) in [6, 6.07) is 33.1. The number of hydrogen-bond donors (Lipinski definition) is 2. The summed E-state index contributed by atoms with van der Waals surface area (Å²) in [6.07, 6.45) is 0. The van der Waals surface area contributed by atoms with E-state index in [2.05, 4.69) is 10.6 Å². The van der Waals surface area contributed by atoms with Crippen molar-refractivity contribution in [3.63, 3.8) is 0 Å². The second-order valence-corrected chi connectivity index (χ2v) is 11.0. The maximum atomic E-state index is 13.8. The average molecular weight is 587 g/mol. The Hall–Kier alpha value is -5.34. The van der Waals surface area contributed by atoms with Gasteiger partial charge >= 0.3 is 0 Å². The minimum absolute atomic E-state index is 0.178. The summed E-state index contributed by atoms with van der Waals surface area (Å²) in [6.45, 7) is 0. The second-order valence-electron chi connectivity index (χ2n) is 9.82. The molecule has 0 saturated carbocycles. The predicted octanol–water partition coefficient (Wildman–Crippen LogP) is 7.33. The molecular formula is C35H23FN2O4S. The number of rotatable bonds is 7. The Morgan fingerprint density at radius 1 is 0.628 bits per heavy atom. The summed E-state index contributed by atoms with van der Waals surface area (Å²) in [7, 11) is 0. The van der Waals surface area contributed by atoms with Gasteiger partial charge in [-0.1, -0.05) is 66.7 Å². The SMILES string of the molecule is O=C(Nc1ccc(SC(C(=O)Nc2cccc3c2C(=O)c2ccccc2C3=O)c2ccccc2)cc1)c1ccc(F)cc1. The Kier molecular flexibility index (Phi) is 7.68. The second kappa shape index (κ2) is 11.9. The quantitative estimate of drug-likeness (QED) is 0.191. The van der Waals surface area contributed by atoms with E-state index in [4.69, 9.17) is 0 Å². The summed E-state index contributed by atoms with van der Waals surface area (Å²) in [5, 5.41) is 5.00. The largest absolute Gasteiger partial charge is 0.324 e. The third-order valence-electron chi connectivity index (χ3n) is 7.02. The molecule has 5 aromatic rings.